The van der Waals surface area contributed by atoms with Gasteiger partial charge in [0.1, 0.15) is 5.82 Å². The van der Waals surface area contributed by atoms with E-state index in [0.29, 0.717) is 12.0 Å². The van der Waals surface area contributed by atoms with Crippen LogP contribution in [0.1, 0.15) is 31.4 Å². The minimum Gasteiger partial charge on any atom is -0.337 e. The quantitative estimate of drug-likeness (QED) is 0.918. The average molecular weight is 291 g/mol. The Hall–Kier alpha value is -1.46. The van der Waals surface area contributed by atoms with Crippen molar-refractivity contribution in [1.29, 1.82) is 0 Å². The van der Waals surface area contributed by atoms with Crippen molar-refractivity contribution in [1.82, 2.24) is 9.80 Å². The molecule has 2 saturated heterocycles. The topological polar surface area (TPSA) is 49.6 Å². The van der Waals surface area contributed by atoms with Crippen LogP contribution in [0.25, 0.3) is 0 Å². The third-order valence-electron chi connectivity index (χ3n) is 4.64. The van der Waals surface area contributed by atoms with Crippen molar-refractivity contribution in [3.63, 3.8) is 0 Å². The molecule has 2 aliphatic rings. The fourth-order valence-electron chi connectivity index (χ4n) is 3.67. The predicted molar refractivity (Wildman–Crippen MR) is 79.1 cm³/mol. The van der Waals surface area contributed by atoms with Gasteiger partial charge in [-0.25, -0.2) is 4.39 Å². The summed E-state index contributed by atoms with van der Waals surface area (Å²) in [6, 6.07) is 6.82. The minimum atomic E-state index is -0.204. The van der Waals surface area contributed by atoms with Gasteiger partial charge in [-0.2, -0.15) is 0 Å². The monoisotopic (exact) mass is 291 g/mol. The summed E-state index contributed by atoms with van der Waals surface area (Å²) >= 11 is 0. The van der Waals surface area contributed by atoms with Crippen LogP contribution in [0.2, 0.25) is 0 Å². The summed E-state index contributed by atoms with van der Waals surface area (Å²) < 4.78 is 14.1. The summed E-state index contributed by atoms with van der Waals surface area (Å²) in [6.45, 7) is 4.18. The largest absolute Gasteiger partial charge is 0.337 e. The molecular formula is C16H22FN3O. The van der Waals surface area contributed by atoms with E-state index < -0.39 is 0 Å². The van der Waals surface area contributed by atoms with E-state index in [4.69, 9.17) is 5.73 Å². The summed E-state index contributed by atoms with van der Waals surface area (Å²) in [5, 5.41) is 0. The third kappa shape index (κ3) is 2.68. The van der Waals surface area contributed by atoms with Crippen molar-refractivity contribution < 1.29 is 9.18 Å². The number of piperazine rings is 1. The maximum absolute atomic E-state index is 14.1. The first kappa shape index (κ1) is 14.5. The van der Waals surface area contributed by atoms with Gasteiger partial charge in [0.25, 0.3) is 0 Å². The highest BCUT2D eigenvalue weighted by molar-refractivity contribution is 5.78. The lowest BCUT2D eigenvalue weighted by atomic mass is 9.96. The molecule has 3 unspecified atom stereocenters. The molecule has 3 rings (SSSR count). The minimum absolute atomic E-state index is 0.135. The molecule has 4 nitrogen and oxygen atoms in total. The molecule has 5 heteroatoms. The second kappa shape index (κ2) is 5.73. The number of halogens is 1. The SMILES string of the molecule is CC(N)C(c1ccccc1F)N1CCN2C(=O)CCC2C1. The Balaban J connectivity index is 1.83. The maximum atomic E-state index is 14.1. The van der Waals surface area contributed by atoms with Gasteiger partial charge in [0.2, 0.25) is 5.91 Å². The van der Waals surface area contributed by atoms with E-state index in [1.54, 1.807) is 6.07 Å². The zero-order valence-corrected chi connectivity index (χ0v) is 12.3. The van der Waals surface area contributed by atoms with Gasteiger partial charge in [-0.15, -0.1) is 0 Å². The molecule has 2 fully saturated rings. The molecule has 0 aromatic heterocycles. The molecule has 2 N–H and O–H groups in total. The molecule has 1 aromatic carbocycles. The molecule has 0 aliphatic carbocycles. The van der Waals surface area contributed by atoms with E-state index in [0.717, 1.165) is 26.1 Å². The Morgan fingerprint density at radius 2 is 2.10 bits per heavy atom. The van der Waals surface area contributed by atoms with Crippen LogP contribution >= 0.6 is 0 Å². The lowest BCUT2D eigenvalue weighted by Crippen LogP contribution is -2.54. The Kier molecular flexibility index (Phi) is 3.95. The van der Waals surface area contributed by atoms with Crippen LogP contribution in [0, 0.1) is 5.82 Å². The molecule has 21 heavy (non-hydrogen) atoms. The van der Waals surface area contributed by atoms with E-state index in [-0.39, 0.29) is 29.8 Å². The van der Waals surface area contributed by atoms with Gasteiger partial charge in [0.05, 0.1) is 6.04 Å². The van der Waals surface area contributed by atoms with Crippen molar-refractivity contribution in [3.8, 4) is 0 Å². The van der Waals surface area contributed by atoms with Crippen molar-refractivity contribution in [2.45, 2.75) is 37.9 Å². The second-order valence-electron chi connectivity index (χ2n) is 6.10. The van der Waals surface area contributed by atoms with Crippen molar-refractivity contribution in [2.75, 3.05) is 19.6 Å². The van der Waals surface area contributed by atoms with Crippen LogP contribution in [0.4, 0.5) is 4.39 Å². The average Bonchev–Trinajstić information content (AvgIpc) is 2.82. The number of benzene rings is 1. The number of amides is 1. The highest BCUT2D eigenvalue weighted by Crippen LogP contribution is 2.31. The zero-order chi connectivity index (χ0) is 15.0. The normalized spacial score (nSPS) is 25.8. The van der Waals surface area contributed by atoms with E-state index >= 15 is 0 Å². The maximum Gasteiger partial charge on any atom is 0.222 e. The summed E-state index contributed by atoms with van der Waals surface area (Å²) in [6.07, 6.45) is 1.54. The first-order valence-electron chi connectivity index (χ1n) is 7.61. The number of carbonyl (C=O) groups is 1. The number of hydrogen-bond donors (Lipinski definition) is 1. The van der Waals surface area contributed by atoms with Crippen LogP contribution in [0.15, 0.2) is 24.3 Å². The van der Waals surface area contributed by atoms with Gasteiger partial charge in [0.15, 0.2) is 0 Å². The van der Waals surface area contributed by atoms with Crippen LogP contribution in [-0.2, 0) is 4.79 Å². The molecule has 0 saturated carbocycles. The summed E-state index contributed by atoms with van der Waals surface area (Å²) in [7, 11) is 0. The van der Waals surface area contributed by atoms with Gasteiger partial charge in [-0.05, 0) is 19.4 Å². The summed E-state index contributed by atoms with van der Waals surface area (Å²) in [5.74, 6) is 0.0487. The van der Waals surface area contributed by atoms with Gasteiger partial charge < -0.3 is 10.6 Å². The van der Waals surface area contributed by atoms with Crippen molar-refractivity contribution in [2.24, 2.45) is 5.73 Å². The zero-order valence-electron chi connectivity index (χ0n) is 12.3. The van der Waals surface area contributed by atoms with Crippen LogP contribution in [0.3, 0.4) is 0 Å². The lowest BCUT2D eigenvalue weighted by Gasteiger charge is -2.43. The van der Waals surface area contributed by atoms with Gasteiger partial charge in [-0.3, -0.25) is 9.69 Å². The number of rotatable bonds is 3. The van der Waals surface area contributed by atoms with Crippen LogP contribution < -0.4 is 5.73 Å². The molecule has 1 aromatic rings. The number of carbonyl (C=O) groups excluding carboxylic acids is 1. The molecule has 0 bridgehead atoms. The van der Waals surface area contributed by atoms with Crippen LogP contribution in [0.5, 0.6) is 0 Å². The molecule has 1 amide bonds. The number of fused-ring (bicyclic) bond motifs is 1. The van der Waals surface area contributed by atoms with Crippen LogP contribution in [-0.4, -0.2) is 47.4 Å². The van der Waals surface area contributed by atoms with Gasteiger partial charge >= 0.3 is 0 Å². The molecular weight excluding hydrogens is 269 g/mol. The first-order chi connectivity index (χ1) is 10.1. The van der Waals surface area contributed by atoms with Gasteiger partial charge in [-0.1, -0.05) is 18.2 Å². The second-order valence-corrected chi connectivity index (χ2v) is 6.10. The lowest BCUT2D eigenvalue weighted by molar-refractivity contribution is -0.131. The van der Waals surface area contributed by atoms with Crippen molar-refractivity contribution >= 4 is 5.91 Å². The van der Waals surface area contributed by atoms with E-state index in [1.165, 1.54) is 6.07 Å². The molecule has 2 aliphatic heterocycles. The molecule has 0 spiro atoms. The molecule has 2 heterocycles. The third-order valence-corrected chi connectivity index (χ3v) is 4.64. The standard InChI is InChI=1S/C16H22FN3O/c1-11(18)16(13-4-2-3-5-14(13)17)19-8-9-20-12(10-19)6-7-15(20)21/h2-5,11-12,16H,6-10,18H2,1H3. The number of hydrogen-bond acceptors (Lipinski definition) is 3. The van der Waals surface area contributed by atoms with Crippen molar-refractivity contribution in [3.05, 3.63) is 35.6 Å². The first-order valence-corrected chi connectivity index (χ1v) is 7.61. The summed E-state index contributed by atoms with van der Waals surface area (Å²) in [4.78, 5) is 16.0. The Morgan fingerprint density at radius 3 is 2.81 bits per heavy atom. The Morgan fingerprint density at radius 1 is 1.33 bits per heavy atom. The highest BCUT2D eigenvalue weighted by atomic mass is 19.1. The number of nitrogens with two attached hydrogens (primary N) is 1. The predicted octanol–water partition coefficient (Wildman–Crippen LogP) is 1.52. The Labute approximate surface area is 124 Å². The molecule has 3 atom stereocenters. The highest BCUT2D eigenvalue weighted by Gasteiger charge is 2.38. The smallest absolute Gasteiger partial charge is 0.222 e. The molecule has 0 radical (unpaired) electrons. The van der Waals surface area contributed by atoms with E-state index in [2.05, 4.69) is 4.90 Å². The summed E-state index contributed by atoms with van der Waals surface area (Å²) in [5.41, 5.74) is 6.80. The molecule has 114 valence electrons. The van der Waals surface area contributed by atoms with E-state index in [1.807, 2.05) is 24.0 Å². The fraction of sp³-hybridized carbons (Fsp3) is 0.562. The van der Waals surface area contributed by atoms with E-state index in [9.17, 15) is 9.18 Å². The number of nitrogens with zero attached hydrogens (tertiary/aromatic N) is 2. The fourth-order valence-corrected chi connectivity index (χ4v) is 3.67. The van der Waals surface area contributed by atoms with Gasteiger partial charge in [0, 0.05) is 43.7 Å². The Bertz CT molecular complexity index is 534.